The van der Waals surface area contributed by atoms with Gasteiger partial charge in [0.25, 0.3) is 0 Å². The highest BCUT2D eigenvalue weighted by atomic mass is 16.6. The summed E-state index contributed by atoms with van der Waals surface area (Å²) in [6.45, 7) is 6.23. The van der Waals surface area contributed by atoms with Crippen molar-refractivity contribution in [1.29, 1.82) is 0 Å². The van der Waals surface area contributed by atoms with Gasteiger partial charge in [0.2, 0.25) is 0 Å². The minimum Gasteiger partial charge on any atom is -0.375 e. The van der Waals surface area contributed by atoms with E-state index < -0.39 is 0 Å². The van der Waals surface area contributed by atoms with Crippen LogP contribution in [0.25, 0.3) is 0 Å². The molecule has 0 aromatic carbocycles. The van der Waals surface area contributed by atoms with Crippen LogP contribution in [0.5, 0.6) is 0 Å². The molecule has 2 heterocycles. The minimum atomic E-state index is 0.403. The molecule has 0 unspecified atom stereocenters. The first-order valence-corrected chi connectivity index (χ1v) is 4.56. The van der Waals surface area contributed by atoms with E-state index in [1.807, 2.05) is 0 Å². The second-order valence-electron chi connectivity index (χ2n) is 3.74. The average molecular weight is 156 g/mol. The van der Waals surface area contributed by atoms with E-state index in [9.17, 15) is 0 Å². The number of rotatable bonds is 1. The van der Waals surface area contributed by atoms with E-state index in [0.29, 0.717) is 24.0 Å². The zero-order valence-corrected chi connectivity index (χ0v) is 7.25. The molecule has 2 nitrogen and oxygen atoms in total. The van der Waals surface area contributed by atoms with Gasteiger partial charge in [0.1, 0.15) is 0 Å². The van der Waals surface area contributed by atoms with E-state index >= 15 is 0 Å². The maximum absolute atomic E-state index is 5.67. The molecule has 2 aliphatic heterocycles. The summed E-state index contributed by atoms with van der Waals surface area (Å²) in [4.78, 5) is 0. The number of hydrogen-bond acceptors (Lipinski definition) is 2. The Morgan fingerprint density at radius 2 is 1.91 bits per heavy atom. The summed E-state index contributed by atoms with van der Waals surface area (Å²) in [5, 5.41) is 0. The zero-order chi connectivity index (χ0) is 7.84. The molecule has 2 rings (SSSR count). The van der Waals surface area contributed by atoms with Crippen molar-refractivity contribution >= 4 is 0 Å². The third-order valence-corrected chi connectivity index (χ3v) is 2.93. The molecule has 0 spiro atoms. The highest BCUT2D eigenvalue weighted by Gasteiger charge is 2.44. The molecule has 2 fully saturated rings. The Kier molecular flexibility index (Phi) is 1.90. The first-order valence-electron chi connectivity index (χ1n) is 4.56. The van der Waals surface area contributed by atoms with E-state index in [-0.39, 0.29) is 0 Å². The Labute approximate surface area is 67.9 Å². The quantitative estimate of drug-likeness (QED) is 0.572. The van der Waals surface area contributed by atoms with Gasteiger partial charge in [-0.1, -0.05) is 13.8 Å². The maximum atomic E-state index is 5.67. The summed E-state index contributed by atoms with van der Waals surface area (Å²) in [5.74, 6) is 1.27. The smallest absolute Gasteiger partial charge is 0.0890 e. The molecule has 0 aliphatic carbocycles. The van der Waals surface area contributed by atoms with Gasteiger partial charge in [-0.25, -0.2) is 0 Å². The lowest BCUT2D eigenvalue weighted by Gasteiger charge is -2.13. The van der Waals surface area contributed by atoms with Gasteiger partial charge in [-0.3, -0.25) is 0 Å². The highest BCUT2D eigenvalue weighted by Crippen LogP contribution is 2.35. The third kappa shape index (κ3) is 1.09. The van der Waals surface area contributed by atoms with Gasteiger partial charge in [-0.2, -0.15) is 0 Å². The standard InChI is InChI=1S/C9H16O2/c1-3-7-5-11-8-6(2)4-10-9(7)8/h6-9H,3-5H2,1-2H3/t6-,7+,8+,9+/m0/s1. The van der Waals surface area contributed by atoms with E-state index in [4.69, 9.17) is 9.47 Å². The summed E-state index contributed by atoms with van der Waals surface area (Å²) in [6.07, 6.45) is 2.00. The fourth-order valence-corrected chi connectivity index (χ4v) is 2.12. The van der Waals surface area contributed by atoms with Crippen molar-refractivity contribution in [3.05, 3.63) is 0 Å². The second kappa shape index (κ2) is 2.76. The van der Waals surface area contributed by atoms with Crippen LogP contribution in [0.3, 0.4) is 0 Å². The third-order valence-electron chi connectivity index (χ3n) is 2.93. The van der Waals surface area contributed by atoms with Gasteiger partial charge in [-0.05, 0) is 6.42 Å². The molecule has 0 amide bonds. The lowest BCUT2D eigenvalue weighted by Crippen LogP contribution is -2.24. The Morgan fingerprint density at radius 1 is 1.18 bits per heavy atom. The van der Waals surface area contributed by atoms with Crippen LogP contribution in [0.15, 0.2) is 0 Å². The average Bonchev–Trinajstić information content (AvgIpc) is 2.53. The van der Waals surface area contributed by atoms with Crippen LogP contribution < -0.4 is 0 Å². The van der Waals surface area contributed by atoms with E-state index in [2.05, 4.69) is 13.8 Å². The van der Waals surface area contributed by atoms with Crippen molar-refractivity contribution in [3.63, 3.8) is 0 Å². The van der Waals surface area contributed by atoms with Crippen LogP contribution in [0.1, 0.15) is 20.3 Å². The van der Waals surface area contributed by atoms with Crippen molar-refractivity contribution < 1.29 is 9.47 Å². The Morgan fingerprint density at radius 3 is 2.64 bits per heavy atom. The second-order valence-corrected chi connectivity index (χ2v) is 3.74. The van der Waals surface area contributed by atoms with Crippen molar-refractivity contribution in [2.45, 2.75) is 32.5 Å². The van der Waals surface area contributed by atoms with Gasteiger partial charge in [0.05, 0.1) is 25.4 Å². The SMILES string of the molecule is CC[C@@H]1CO[C@H]2[C@@H]1OC[C@@H]2C. The van der Waals surface area contributed by atoms with Crippen molar-refractivity contribution in [1.82, 2.24) is 0 Å². The first kappa shape index (κ1) is 7.56. The van der Waals surface area contributed by atoms with Crippen molar-refractivity contribution in [2.75, 3.05) is 13.2 Å². The van der Waals surface area contributed by atoms with Crippen molar-refractivity contribution in [2.24, 2.45) is 11.8 Å². The van der Waals surface area contributed by atoms with Crippen LogP contribution in [0.2, 0.25) is 0 Å². The fraction of sp³-hybridized carbons (Fsp3) is 1.00. The van der Waals surface area contributed by atoms with Gasteiger partial charge in [-0.15, -0.1) is 0 Å². The molecule has 2 heteroatoms. The summed E-state index contributed by atoms with van der Waals surface area (Å²) in [5.41, 5.74) is 0. The highest BCUT2D eigenvalue weighted by molar-refractivity contribution is 4.91. The summed E-state index contributed by atoms with van der Waals surface area (Å²) in [6, 6.07) is 0. The number of hydrogen-bond donors (Lipinski definition) is 0. The molecular formula is C9H16O2. The van der Waals surface area contributed by atoms with Crippen LogP contribution in [0.4, 0.5) is 0 Å². The molecule has 0 aromatic rings. The summed E-state index contributed by atoms with van der Waals surface area (Å²) in [7, 11) is 0. The molecule has 0 N–H and O–H groups in total. The molecule has 2 saturated heterocycles. The number of ether oxygens (including phenoxy) is 2. The molecule has 0 radical (unpaired) electrons. The summed E-state index contributed by atoms with van der Waals surface area (Å²) >= 11 is 0. The Hall–Kier alpha value is -0.0800. The molecule has 4 atom stereocenters. The lowest BCUT2D eigenvalue weighted by atomic mass is 9.96. The molecule has 0 bridgehead atoms. The van der Waals surface area contributed by atoms with Crippen molar-refractivity contribution in [3.8, 4) is 0 Å². The Balaban J connectivity index is 2.04. The fourth-order valence-electron chi connectivity index (χ4n) is 2.12. The normalized spacial score (nSPS) is 49.6. The molecular weight excluding hydrogens is 140 g/mol. The molecule has 2 aliphatic rings. The molecule has 11 heavy (non-hydrogen) atoms. The minimum absolute atomic E-state index is 0.403. The predicted molar refractivity (Wildman–Crippen MR) is 42.4 cm³/mol. The summed E-state index contributed by atoms with van der Waals surface area (Å²) < 4.78 is 11.3. The van der Waals surface area contributed by atoms with Crippen LogP contribution in [-0.4, -0.2) is 25.4 Å². The van der Waals surface area contributed by atoms with Gasteiger partial charge < -0.3 is 9.47 Å². The van der Waals surface area contributed by atoms with Crippen LogP contribution in [0, 0.1) is 11.8 Å². The zero-order valence-electron chi connectivity index (χ0n) is 7.25. The van der Waals surface area contributed by atoms with Gasteiger partial charge in [0.15, 0.2) is 0 Å². The van der Waals surface area contributed by atoms with E-state index in [1.165, 1.54) is 6.42 Å². The molecule has 64 valence electrons. The monoisotopic (exact) mass is 156 g/mol. The predicted octanol–water partition coefficient (Wildman–Crippen LogP) is 1.45. The topological polar surface area (TPSA) is 18.5 Å². The maximum Gasteiger partial charge on any atom is 0.0890 e. The number of fused-ring (bicyclic) bond motifs is 1. The lowest BCUT2D eigenvalue weighted by molar-refractivity contribution is 0.0610. The largest absolute Gasteiger partial charge is 0.375 e. The van der Waals surface area contributed by atoms with Gasteiger partial charge in [0, 0.05) is 11.8 Å². The Bertz CT molecular complexity index is 146. The van der Waals surface area contributed by atoms with E-state index in [1.54, 1.807) is 0 Å². The van der Waals surface area contributed by atoms with Crippen LogP contribution in [-0.2, 0) is 9.47 Å². The van der Waals surface area contributed by atoms with E-state index in [0.717, 1.165) is 13.2 Å². The van der Waals surface area contributed by atoms with Gasteiger partial charge >= 0.3 is 0 Å². The van der Waals surface area contributed by atoms with Crippen LogP contribution >= 0.6 is 0 Å². The molecule has 0 aromatic heterocycles. The first-order chi connectivity index (χ1) is 5.33. The molecule has 0 saturated carbocycles.